The molecule has 2 amide bonds. The second kappa shape index (κ2) is 7.64. The van der Waals surface area contributed by atoms with Crippen LogP contribution in [0.25, 0.3) is 0 Å². The third-order valence-corrected chi connectivity index (χ3v) is 5.86. The van der Waals surface area contributed by atoms with Crippen LogP contribution in [0.4, 0.5) is 5.82 Å². The number of aromatic nitrogens is 2. The standard InChI is InChI=1S/C21H25N5O4/c1-15-10-19-25(20(27)4-5-26(19)22-15)13-21(28)24-8-6-23(7-9-24)12-16-2-3-17-18(11-16)30-14-29-17/h2-3,10-11H,4-9,12-14H2,1H3. The summed E-state index contributed by atoms with van der Waals surface area (Å²) >= 11 is 0. The van der Waals surface area contributed by atoms with E-state index in [2.05, 4.69) is 16.1 Å². The lowest BCUT2D eigenvalue weighted by molar-refractivity contribution is -0.133. The molecular weight excluding hydrogens is 386 g/mol. The Morgan fingerprint density at radius 3 is 2.70 bits per heavy atom. The zero-order valence-electron chi connectivity index (χ0n) is 17.0. The minimum Gasteiger partial charge on any atom is -0.454 e. The SMILES string of the molecule is Cc1cc2n(n1)CCC(=O)N2CC(=O)N1CCN(Cc2ccc3c(c2)OCO3)CC1. The largest absolute Gasteiger partial charge is 0.454 e. The monoisotopic (exact) mass is 411 g/mol. The van der Waals surface area contributed by atoms with Gasteiger partial charge in [-0.1, -0.05) is 6.07 Å². The van der Waals surface area contributed by atoms with Gasteiger partial charge in [0, 0.05) is 45.2 Å². The fourth-order valence-electron chi connectivity index (χ4n) is 4.24. The molecule has 0 bridgehead atoms. The van der Waals surface area contributed by atoms with Gasteiger partial charge in [0.1, 0.15) is 12.4 Å². The lowest BCUT2D eigenvalue weighted by Gasteiger charge is -2.36. The molecule has 1 fully saturated rings. The van der Waals surface area contributed by atoms with Gasteiger partial charge in [-0.05, 0) is 24.6 Å². The summed E-state index contributed by atoms with van der Waals surface area (Å²) in [5.41, 5.74) is 2.02. The van der Waals surface area contributed by atoms with Crippen LogP contribution in [0.3, 0.4) is 0 Å². The number of nitrogens with zero attached hydrogens (tertiary/aromatic N) is 5. The molecule has 1 saturated heterocycles. The molecule has 30 heavy (non-hydrogen) atoms. The molecule has 3 aliphatic rings. The highest BCUT2D eigenvalue weighted by Gasteiger charge is 2.30. The molecular formula is C21H25N5O4. The number of anilines is 1. The number of ether oxygens (including phenoxy) is 2. The Labute approximate surface area is 174 Å². The highest BCUT2D eigenvalue weighted by atomic mass is 16.7. The summed E-state index contributed by atoms with van der Waals surface area (Å²) < 4.78 is 12.6. The van der Waals surface area contributed by atoms with Crippen molar-refractivity contribution in [2.24, 2.45) is 0 Å². The Hall–Kier alpha value is -3.07. The van der Waals surface area contributed by atoms with Crippen molar-refractivity contribution < 1.29 is 19.1 Å². The van der Waals surface area contributed by atoms with Gasteiger partial charge in [-0.2, -0.15) is 5.10 Å². The van der Waals surface area contributed by atoms with Crippen LogP contribution in [-0.2, 0) is 22.7 Å². The number of amides is 2. The van der Waals surface area contributed by atoms with E-state index in [9.17, 15) is 9.59 Å². The molecule has 5 rings (SSSR count). The molecule has 0 N–H and O–H groups in total. The number of benzene rings is 1. The Balaban J connectivity index is 1.17. The number of fused-ring (bicyclic) bond motifs is 2. The molecule has 0 saturated carbocycles. The predicted octanol–water partition coefficient (Wildman–Crippen LogP) is 1.00. The van der Waals surface area contributed by atoms with Crippen LogP contribution in [-0.4, -0.2) is 70.9 Å². The summed E-state index contributed by atoms with van der Waals surface area (Å²) in [4.78, 5) is 31.0. The topological polar surface area (TPSA) is 80.1 Å². The number of carbonyl (C=O) groups excluding carboxylic acids is 2. The fraction of sp³-hybridized carbons (Fsp3) is 0.476. The Kier molecular flexibility index (Phi) is 4.82. The van der Waals surface area contributed by atoms with Crippen molar-refractivity contribution >= 4 is 17.6 Å². The molecule has 0 aliphatic carbocycles. The molecule has 4 heterocycles. The van der Waals surface area contributed by atoms with Crippen LogP contribution >= 0.6 is 0 Å². The maximum atomic E-state index is 12.9. The smallest absolute Gasteiger partial charge is 0.242 e. The van der Waals surface area contributed by atoms with E-state index in [4.69, 9.17) is 9.47 Å². The molecule has 0 atom stereocenters. The van der Waals surface area contributed by atoms with Crippen LogP contribution in [0.2, 0.25) is 0 Å². The molecule has 1 aromatic heterocycles. The van der Waals surface area contributed by atoms with Gasteiger partial charge in [0.15, 0.2) is 11.5 Å². The Morgan fingerprint density at radius 1 is 1.07 bits per heavy atom. The zero-order valence-corrected chi connectivity index (χ0v) is 17.0. The van der Waals surface area contributed by atoms with Crippen LogP contribution in [0.5, 0.6) is 11.5 Å². The Bertz CT molecular complexity index is 980. The summed E-state index contributed by atoms with van der Waals surface area (Å²) in [5.74, 6) is 2.27. The predicted molar refractivity (Wildman–Crippen MR) is 108 cm³/mol. The third-order valence-electron chi connectivity index (χ3n) is 5.86. The van der Waals surface area contributed by atoms with Crippen molar-refractivity contribution in [3.63, 3.8) is 0 Å². The first-order valence-corrected chi connectivity index (χ1v) is 10.3. The summed E-state index contributed by atoms with van der Waals surface area (Å²) in [5, 5.41) is 4.40. The average Bonchev–Trinajstić information content (AvgIpc) is 3.36. The van der Waals surface area contributed by atoms with Crippen molar-refractivity contribution in [2.45, 2.75) is 26.4 Å². The van der Waals surface area contributed by atoms with Crippen molar-refractivity contribution in [3.8, 4) is 11.5 Å². The highest BCUT2D eigenvalue weighted by Crippen LogP contribution is 2.33. The lowest BCUT2D eigenvalue weighted by atomic mass is 10.1. The van der Waals surface area contributed by atoms with E-state index in [1.54, 1.807) is 4.90 Å². The second-order valence-electron chi connectivity index (χ2n) is 7.94. The molecule has 9 nitrogen and oxygen atoms in total. The van der Waals surface area contributed by atoms with Gasteiger partial charge in [-0.3, -0.25) is 19.4 Å². The van der Waals surface area contributed by atoms with Crippen molar-refractivity contribution in [2.75, 3.05) is 44.4 Å². The van der Waals surface area contributed by atoms with E-state index < -0.39 is 0 Å². The molecule has 0 radical (unpaired) electrons. The molecule has 2 aromatic rings. The quantitative estimate of drug-likeness (QED) is 0.747. The second-order valence-corrected chi connectivity index (χ2v) is 7.94. The number of rotatable bonds is 4. The van der Waals surface area contributed by atoms with E-state index in [-0.39, 0.29) is 25.2 Å². The molecule has 0 spiro atoms. The summed E-state index contributed by atoms with van der Waals surface area (Å²) in [7, 11) is 0. The minimum atomic E-state index is -0.0165. The van der Waals surface area contributed by atoms with E-state index >= 15 is 0 Å². The number of aryl methyl sites for hydroxylation is 2. The zero-order chi connectivity index (χ0) is 20.7. The summed E-state index contributed by atoms with van der Waals surface area (Å²) in [6.45, 7) is 6.54. The minimum absolute atomic E-state index is 0.0154. The first-order valence-electron chi connectivity index (χ1n) is 10.3. The summed E-state index contributed by atoms with van der Waals surface area (Å²) in [6, 6.07) is 7.89. The van der Waals surface area contributed by atoms with E-state index in [0.29, 0.717) is 26.1 Å². The first kappa shape index (κ1) is 18.9. The van der Waals surface area contributed by atoms with Gasteiger partial charge in [-0.25, -0.2) is 4.68 Å². The van der Waals surface area contributed by atoms with Gasteiger partial charge in [0.05, 0.1) is 12.2 Å². The maximum Gasteiger partial charge on any atom is 0.242 e. The summed E-state index contributed by atoms with van der Waals surface area (Å²) in [6.07, 6.45) is 0.380. The van der Waals surface area contributed by atoms with Crippen molar-refractivity contribution in [1.82, 2.24) is 19.6 Å². The van der Waals surface area contributed by atoms with Crippen LogP contribution in [0, 0.1) is 6.92 Å². The van der Waals surface area contributed by atoms with Crippen LogP contribution in [0.15, 0.2) is 24.3 Å². The fourth-order valence-corrected chi connectivity index (χ4v) is 4.24. The van der Waals surface area contributed by atoms with Crippen molar-refractivity contribution in [3.05, 3.63) is 35.5 Å². The number of carbonyl (C=O) groups is 2. The lowest BCUT2D eigenvalue weighted by Crippen LogP contribution is -2.52. The van der Waals surface area contributed by atoms with Gasteiger partial charge >= 0.3 is 0 Å². The van der Waals surface area contributed by atoms with E-state index in [1.165, 1.54) is 5.56 Å². The molecule has 0 unspecified atom stereocenters. The van der Waals surface area contributed by atoms with Crippen LogP contribution in [0.1, 0.15) is 17.7 Å². The number of hydrogen-bond donors (Lipinski definition) is 0. The highest BCUT2D eigenvalue weighted by molar-refractivity contribution is 5.99. The molecule has 3 aliphatic heterocycles. The van der Waals surface area contributed by atoms with E-state index in [1.807, 2.05) is 34.7 Å². The Morgan fingerprint density at radius 2 is 1.87 bits per heavy atom. The van der Waals surface area contributed by atoms with Crippen LogP contribution < -0.4 is 14.4 Å². The molecule has 158 valence electrons. The van der Waals surface area contributed by atoms with E-state index in [0.717, 1.165) is 42.6 Å². The average molecular weight is 411 g/mol. The molecule has 9 heteroatoms. The number of piperazine rings is 1. The maximum absolute atomic E-state index is 12.9. The van der Waals surface area contributed by atoms with Crippen molar-refractivity contribution in [1.29, 1.82) is 0 Å². The normalized spacial score (nSPS) is 18.6. The first-order chi connectivity index (χ1) is 14.6. The third kappa shape index (κ3) is 3.60. The van der Waals surface area contributed by atoms with Gasteiger partial charge in [0.25, 0.3) is 0 Å². The van der Waals surface area contributed by atoms with Gasteiger partial charge < -0.3 is 14.4 Å². The molecule has 1 aromatic carbocycles. The number of hydrogen-bond acceptors (Lipinski definition) is 6. The van der Waals surface area contributed by atoms with Gasteiger partial charge in [0.2, 0.25) is 18.6 Å². The van der Waals surface area contributed by atoms with Gasteiger partial charge in [-0.15, -0.1) is 0 Å².